The number of aryl methyl sites for hydroxylation is 1. The van der Waals surface area contributed by atoms with E-state index in [-0.39, 0.29) is 5.91 Å². The number of hydrogen-bond acceptors (Lipinski definition) is 5. The molecular formula is C21H27N5O. The molecule has 2 aliphatic rings. The van der Waals surface area contributed by atoms with Gasteiger partial charge in [0, 0.05) is 63.8 Å². The predicted molar refractivity (Wildman–Crippen MR) is 107 cm³/mol. The molecule has 0 saturated carbocycles. The molecule has 0 bridgehead atoms. The fraction of sp³-hybridized carbons (Fsp3) is 0.476. The molecule has 0 unspecified atom stereocenters. The average Bonchev–Trinajstić information content (AvgIpc) is 3.28. The quantitative estimate of drug-likeness (QED) is 0.814. The molecule has 0 aliphatic carbocycles. The molecule has 1 amide bonds. The van der Waals surface area contributed by atoms with Crippen LogP contribution in [0.25, 0.3) is 0 Å². The second-order valence-electron chi connectivity index (χ2n) is 7.28. The summed E-state index contributed by atoms with van der Waals surface area (Å²) in [6.07, 6.45) is 7.48. The number of anilines is 2. The Morgan fingerprint density at radius 3 is 2.19 bits per heavy atom. The number of carbonyl (C=O) groups is 1. The van der Waals surface area contributed by atoms with Crippen LogP contribution in [0.2, 0.25) is 0 Å². The molecule has 2 aliphatic heterocycles. The van der Waals surface area contributed by atoms with Crippen molar-refractivity contribution in [2.45, 2.75) is 25.7 Å². The molecule has 0 radical (unpaired) electrons. The van der Waals surface area contributed by atoms with Crippen molar-refractivity contribution in [3.63, 3.8) is 0 Å². The van der Waals surface area contributed by atoms with Crippen molar-refractivity contribution in [3.8, 4) is 0 Å². The highest BCUT2D eigenvalue weighted by Crippen LogP contribution is 2.21. The fourth-order valence-electron chi connectivity index (χ4n) is 3.87. The summed E-state index contributed by atoms with van der Waals surface area (Å²) in [5.74, 6) is 0.995. The third-order valence-corrected chi connectivity index (χ3v) is 5.50. The van der Waals surface area contributed by atoms with Gasteiger partial charge in [-0.2, -0.15) is 0 Å². The summed E-state index contributed by atoms with van der Waals surface area (Å²) in [5.41, 5.74) is 2.55. The topological polar surface area (TPSA) is 52.6 Å². The molecule has 6 heteroatoms. The summed E-state index contributed by atoms with van der Waals surface area (Å²) < 4.78 is 0. The highest BCUT2D eigenvalue weighted by atomic mass is 16.2. The van der Waals surface area contributed by atoms with Crippen LogP contribution in [-0.4, -0.2) is 60.0 Å². The van der Waals surface area contributed by atoms with Gasteiger partial charge in [-0.3, -0.25) is 4.79 Å². The molecule has 27 heavy (non-hydrogen) atoms. The summed E-state index contributed by atoms with van der Waals surface area (Å²) in [4.78, 5) is 27.7. The van der Waals surface area contributed by atoms with Gasteiger partial charge < -0.3 is 14.7 Å². The number of hydrogen-bond donors (Lipinski definition) is 0. The molecule has 4 rings (SSSR count). The van der Waals surface area contributed by atoms with E-state index in [2.05, 4.69) is 44.0 Å². The molecule has 0 spiro atoms. The van der Waals surface area contributed by atoms with E-state index in [1.165, 1.54) is 24.1 Å². The summed E-state index contributed by atoms with van der Waals surface area (Å²) in [7, 11) is 0. The third kappa shape index (κ3) is 4.38. The fourth-order valence-corrected chi connectivity index (χ4v) is 3.87. The maximum atomic E-state index is 12.6. The number of rotatable bonds is 5. The van der Waals surface area contributed by atoms with Gasteiger partial charge in [0.05, 0.1) is 0 Å². The van der Waals surface area contributed by atoms with E-state index in [9.17, 15) is 4.79 Å². The molecule has 0 atom stereocenters. The van der Waals surface area contributed by atoms with Crippen LogP contribution in [0.3, 0.4) is 0 Å². The van der Waals surface area contributed by atoms with Crippen LogP contribution < -0.4 is 9.80 Å². The van der Waals surface area contributed by atoms with Gasteiger partial charge in [0.1, 0.15) is 0 Å². The average molecular weight is 365 g/mol. The Kier molecular flexibility index (Phi) is 5.51. The Morgan fingerprint density at radius 1 is 0.852 bits per heavy atom. The monoisotopic (exact) mass is 365 g/mol. The lowest BCUT2D eigenvalue weighted by atomic mass is 10.1. The standard InChI is InChI=1S/C21H27N5O/c27-20(25-14-16-26(17-15-25)21-22-10-3-11-23-21)9-6-18-4-7-19(8-5-18)24-12-1-2-13-24/h3-5,7-8,10-11H,1-2,6,9,12-17H2. The predicted octanol–water partition coefficient (Wildman–Crippen LogP) is 2.36. The number of amides is 1. The van der Waals surface area contributed by atoms with Crippen LogP contribution in [0.5, 0.6) is 0 Å². The van der Waals surface area contributed by atoms with Crippen LogP contribution in [0.15, 0.2) is 42.7 Å². The van der Waals surface area contributed by atoms with Crippen LogP contribution >= 0.6 is 0 Å². The van der Waals surface area contributed by atoms with Gasteiger partial charge >= 0.3 is 0 Å². The molecule has 2 fully saturated rings. The van der Waals surface area contributed by atoms with Gasteiger partial charge in [0.25, 0.3) is 0 Å². The van der Waals surface area contributed by atoms with Crippen molar-refractivity contribution < 1.29 is 4.79 Å². The number of carbonyl (C=O) groups excluding carboxylic acids is 1. The Balaban J connectivity index is 1.24. The molecule has 2 aromatic rings. The van der Waals surface area contributed by atoms with Crippen LogP contribution in [0.1, 0.15) is 24.8 Å². The van der Waals surface area contributed by atoms with E-state index >= 15 is 0 Å². The summed E-state index contributed by atoms with van der Waals surface area (Å²) in [6, 6.07) is 10.6. The van der Waals surface area contributed by atoms with Gasteiger partial charge in [0.15, 0.2) is 0 Å². The van der Waals surface area contributed by atoms with Crippen molar-refractivity contribution in [2.75, 3.05) is 49.1 Å². The van der Waals surface area contributed by atoms with Gasteiger partial charge in [-0.25, -0.2) is 9.97 Å². The lowest BCUT2D eigenvalue weighted by Crippen LogP contribution is -2.49. The highest BCUT2D eigenvalue weighted by Gasteiger charge is 2.22. The molecule has 6 nitrogen and oxygen atoms in total. The first-order valence-corrected chi connectivity index (χ1v) is 9.93. The SMILES string of the molecule is O=C(CCc1ccc(N2CCCC2)cc1)N1CCN(c2ncccn2)CC1. The Morgan fingerprint density at radius 2 is 1.52 bits per heavy atom. The van der Waals surface area contributed by atoms with E-state index in [0.717, 1.165) is 51.6 Å². The molecule has 1 aromatic carbocycles. The zero-order valence-corrected chi connectivity index (χ0v) is 15.8. The number of benzene rings is 1. The first-order chi connectivity index (χ1) is 13.3. The number of piperazine rings is 1. The molecule has 2 saturated heterocycles. The van der Waals surface area contributed by atoms with Crippen molar-refractivity contribution in [1.82, 2.24) is 14.9 Å². The van der Waals surface area contributed by atoms with Crippen molar-refractivity contribution in [2.24, 2.45) is 0 Å². The minimum Gasteiger partial charge on any atom is -0.372 e. The van der Waals surface area contributed by atoms with Crippen molar-refractivity contribution in [1.29, 1.82) is 0 Å². The number of aromatic nitrogens is 2. The van der Waals surface area contributed by atoms with Gasteiger partial charge in [-0.15, -0.1) is 0 Å². The zero-order valence-electron chi connectivity index (χ0n) is 15.8. The number of nitrogens with zero attached hydrogens (tertiary/aromatic N) is 5. The Labute approximate surface area is 160 Å². The lowest BCUT2D eigenvalue weighted by molar-refractivity contribution is -0.131. The van der Waals surface area contributed by atoms with E-state index < -0.39 is 0 Å². The summed E-state index contributed by atoms with van der Waals surface area (Å²) in [6.45, 7) is 5.40. The van der Waals surface area contributed by atoms with E-state index in [1.54, 1.807) is 12.4 Å². The largest absolute Gasteiger partial charge is 0.372 e. The van der Waals surface area contributed by atoms with E-state index in [0.29, 0.717) is 6.42 Å². The zero-order chi connectivity index (χ0) is 18.5. The van der Waals surface area contributed by atoms with Crippen molar-refractivity contribution >= 4 is 17.5 Å². The van der Waals surface area contributed by atoms with E-state index in [4.69, 9.17) is 0 Å². The van der Waals surface area contributed by atoms with Gasteiger partial charge in [-0.1, -0.05) is 12.1 Å². The summed E-state index contributed by atoms with van der Waals surface area (Å²) in [5, 5.41) is 0. The first kappa shape index (κ1) is 17.8. The maximum absolute atomic E-state index is 12.6. The second kappa shape index (κ2) is 8.37. The Bertz CT molecular complexity index is 735. The highest BCUT2D eigenvalue weighted by molar-refractivity contribution is 5.76. The van der Waals surface area contributed by atoms with E-state index in [1.807, 2.05) is 11.0 Å². The smallest absolute Gasteiger partial charge is 0.225 e. The molecular weight excluding hydrogens is 338 g/mol. The van der Waals surface area contributed by atoms with Crippen molar-refractivity contribution in [3.05, 3.63) is 48.3 Å². The normalized spacial score (nSPS) is 17.4. The molecule has 1 aromatic heterocycles. The minimum atomic E-state index is 0.243. The third-order valence-electron chi connectivity index (χ3n) is 5.50. The maximum Gasteiger partial charge on any atom is 0.225 e. The van der Waals surface area contributed by atoms with Gasteiger partial charge in [-0.05, 0) is 43.0 Å². The van der Waals surface area contributed by atoms with Crippen LogP contribution in [0, 0.1) is 0 Å². The Hall–Kier alpha value is -2.63. The molecule has 0 N–H and O–H groups in total. The first-order valence-electron chi connectivity index (χ1n) is 9.93. The molecule has 142 valence electrons. The second-order valence-corrected chi connectivity index (χ2v) is 7.28. The lowest BCUT2D eigenvalue weighted by Gasteiger charge is -2.34. The van der Waals surface area contributed by atoms with Gasteiger partial charge in [0.2, 0.25) is 11.9 Å². The van der Waals surface area contributed by atoms with Crippen LogP contribution in [0.4, 0.5) is 11.6 Å². The summed E-state index contributed by atoms with van der Waals surface area (Å²) >= 11 is 0. The molecule has 3 heterocycles. The van der Waals surface area contributed by atoms with Crippen LogP contribution in [-0.2, 0) is 11.2 Å². The minimum absolute atomic E-state index is 0.243.